The SMILES string of the molecule is CCCC(C)c1cc(Br)cc(Cl)c1O. The van der Waals surface area contributed by atoms with Crippen molar-refractivity contribution in [1.82, 2.24) is 0 Å². The Labute approximate surface area is 98.2 Å². The van der Waals surface area contributed by atoms with Gasteiger partial charge in [-0.05, 0) is 30.0 Å². The standard InChI is InChI=1S/C11H14BrClO/c1-3-4-7(2)9-5-8(12)6-10(13)11(9)14/h5-7,14H,3-4H2,1-2H3. The van der Waals surface area contributed by atoms with E-state index in [2.05, 4.69) is 29.8 Å². The zero-order valence-corrected chi connectivity index (χ0v) is 10.7. The molecule has 0 aliphatic carbocycles. The minimum atomic E-state index is 0.218. The molecule has 0 amide bonds. The van der Waals surface area contributed by atoms with Crippen molar-refractivity contribution in [2.75, 3.05) is 0 Å². The van der Waals surface area contributed by atoms with Gasteiger partial charge < -0.3 is 5.11 Å². The molecule has 0 aromatic heterocycles. The molecule has 0 aliphatic rings. The van der Waals surface area contributed by atoms with Crippen LogP contribution in [0.3, 0.4) is 0 Å². The van der Waals surface area contributed by atoms with Crippen molar-refractivity contribution in [3.63, 3.8) is 0 Å². The summed E-state index contributed by atoms with van der Waals surface area (Å²) in [6.07, 6.45) is 2.16. The molecule has 78 valence electrons. The molecule has 0 bridgehead atoms. The summed E-state index contributed by atoms with van der Waals surface area (Å²) in [7, 11) is 0. The van der Waals surface area contributed by atoms with Gasteiger partial charge in [0.2, 0.25) is 0 Å². The Morgan fingerprint density at radius 1 is 1.50 bits per heavy atom. The van der Waals surface area contributed by atoms with Crippen LogP contribution < -0.4 is 0 Å². The predicted octanol–water partition coefficient (Wildman–Crippen LogP) is 4.71. The van der Waals surface area contributed by atoms with Gasteiger partial charge in [0.05, 0.1) is 5.02 Å². The maximum Gasteiger partial charge on any atom is 0.137 e. The lowest BCUT2D eigenvalue weighted by Gasteiger charge is -2.13. The molecule has 3 heteroatoms. The minimum Gasteiger partial charge on any atom is -0.506 e. The van der Waals surface area contributed by atoms with Gasteiger partial charge in [0.15, 0.2) is 0 Å². The second-order valence-corrected chi connectivity index (χ2v) is 4.84. The number of phenols is 1. The van der Waals surface area contributed by atoms with Crippen LogP contribution in [-0.2, 0) is 0 Å². The summed E-state index contributed by atoms with van der Waals surface area (Å²) in [6.45, 7) is 4.23. The monoisotopic (exact) mass is 276 g/mol. The van der Waals surface area contributed by atoms with E-state index in [1.165, 1.54) is 0 Å². The van der Waals surface area contributed by atoms with Crippen molar-refractivity contribution in [3.05, 3.63) is 27.2 Å². The molecule has 1 aromatic rings. The largest absolute Gasteiger partial charge is 0.506 e. The normalized spacial score (nSPS) is 12.9. The number of phenolic OH excluding ortho intramolecular Hbond substituents is 1. The van der Waals surface area contributed by atoms with Crippen molar-refractivity contribution in [3.8, 4) is 5.75 Å². The lowest BCUT2D eigenvalue weighted by Crippen LogP contribution is -1.94. The highest BCUT2D eigenvalue weighted by molar-refractivity contribution is 9.10. The van der Waals surface area contributed by atoms with Crippen molar-refractivity contribution >= 4 is 27.5 Å². The van der Waals surface area contributed by atoms with Gasteiger partial charge >= 0.3 is 0 Å². The summed E-state index contributed by atoms with van der Waals surface area (Å²) in [5.41, 5.74) is 0.922. The first-order valence-corrected chi connectivity index (χ1v) is 5.91. The van der Waals surface area contributed by atoms with Crippen LogP contribution in [-0.4, -0.2) is 5.11 Å². The summed E-state index contributed by atoms with van der Waals surface area (Å²) in [5.74, 6) is 0.561. The molecule has 1 aromatic carbocycles. The van der Waals surface area contributed by atoms with Crippen LogP contribution in [0.2, 0.25) is 5.02 Å². The van der Waals surface area contributed by atoms with Gasteiger partial charge in [-0.2, -0.15) is 0 Å². The van der Waals surface area contributed by atoms with E-state index in [4.69, 9.17) is 11.6 Å². The van der Waals surface area contributed by atoms with E-state index in [0.29, 0.717) is 10.9 Å². The molecule has 0 spiro atoms. The zero-order valence-electron chi connectivity index (χ0n) is 8.35. The maximum atomic E-state index is 9.77. The van der Waals surface area contributed by atoms with Crippen molar-refractivity contribution in [1.29, 1.82) is 0 Å². The Morgan fingerprint density at radius 3 is 2.71 bits per heavy atom. The molecule has 1 nitrogen and oxygen atoms in total. The van der Waals surface area contributed by atoms with Gasteiger partial charge in [0.25, 0.3) is 0 Å². The second kappa shape index (κ2) is 5.04. The Bertz CT molecular complexity index is 325. The zero-order chi connectivity index (χ0) is 10.7. The third-order valence-electron chi connectivity index (χ3n) is 2.31. The second-order valence-electron chi connectivity index (χ2n) is 3.52. The third-order valence-corrected chi connectivity index (χ3v) is 3.06. The molecule has 0 aliphatic heterocycles. The Morgan fingerprint density at radius 2 is 2.14 bits per heavy atom. The molecule has 0 fully saturated rings. The first-order valence-electron chi connectivity index (χ1n) is 4.74. The van der Waals surface area contributed by atoms with Gasteiger partial charge in [-0.3, -0.25) is 0 Å². The van der Waals surface area contributed by atoms with E-state index in [-0.39, 0.29) is 5.75 Å². The molecule has 1 atom stereocenters. The molecule has 0 saturated carbocycles. The quantitative estimate of drug-likeness (QED) is 0.848. The number of hydrogen-bond donors (Lipinski definition) is 1. The lowest BCUT2D eigenvalue weighted by atomic mass is 9.96. The highest BCUT2D eigenvalue weighted by Crippen LogP contribution is 2.37. The smallest absolute Gasteiger partial charge is 0.137 e. The van der Waals surface area contributed by atoms with Crippen molar-refractivity contribution < 1.29 is 5.11 Å². The number of rotatable bonds is 3. The van der Waals surface area contributed by atoms with Crippen molar-refractivity contribution in [2.45, 2.75) is 32.6 Å². The van der Waals surface area contributed by atoms with E-state index >= 15 is 0 Å². The fraction of sp³-hybridized carbons (Fsp3) is 0.455. The minimum absolute atomic E-state index is 0.218. The number of halogens is 2. The molecule has 0 saturated heterocycles. The summed E-state index contributed by atoms with van der Waals surface area (Å²) >= 11 is 9.25. The fourth-order valence-corrected chi connectivity index (χ4v) is 2.38. The first kappa shape index (κ1) is 11.9. The highest BCUT2D eigenvalue weighted by Gasteiger charge is 2.13. The molecule has 0 radical (unpaired) electrons. The van der Waals surface area contributed by atoms with E-state index in [9.17, 15) is 5.11 Å². The summed E-state index contributed by atoms with van der Waals surface area (Å²) in [6, 6.07) is 3.64. The van der Waals surface area contributed by atoms with Gasteiger partial charge in [0, 0.05) is 4.47 Å². The lowest BCUT2D eigenvalue weighted by molar-refractivity contribution is 0.460. The first-order chi connectivity index (χ1) is 6.56. The Kier molecular flexibility index (Phi) is 4.27. The van der Waals surface area contributed by atoms with Crippen molar-refractivity contribution in [2.24, 2.45) is 0 Å². The molecule has 14 heavy (non-hydrogen) atoms. The molecular formula is C11H14BrClO. The van der Waals surface area contributed by atoms with E-state index in [0.717, 1.165) is 22.9 Å². The molecular weight excluding hydrogens is 263 g/mol. The van der Waals surface area contributed by atoms with Gasteiger partial charge in [-0.25, -0.2) is 0 Å². The van der Waals surface area contributed by atoms with Crippen LogP contribution in [0.15, 0.2) is 16.6 Å². The van der Waals surface area contributed by atoms with E-state index in [1.54, 1.807) is 6.07 Å². The molecule has 1 rings (SSSR count). The Balaban J connectivity index is 3.07. The van der Waals surface area contributed by atoms with Crippen LogP contribution >= 0.6 is 27.5 Å². The molecule has 1 N–H and O–H groups in total. The van der Waals surface area contributed by atoms with Gasteiger partial charge in [-0.15, -0.1) is 0 Å². The molecule has 1 unspecified atom stereocenters. The van der Waals surface area contributed by atoms with Crippen LogP contribution in [0.25, 0.3) is 0 Å². The third kappa shape index (κ3) is 2.64. The number of aromatic hydroxyl groups is 1. The topological polar surface area (TPSA) is 20.2 Å². The van der Waals surface area contributed by atoms with Gasteiger partial charge in [-0.1, -0.05) is 47.8 Å². The summed E-state index contributed by atoms with van der Waals surface area (Å²) < 4.78 is 0.915. The van der Waals surface area contributed by atoms with E-state index < -0.39 is 0 Å². The van der Waals surface area contributed by atoms with E-state index in [1.807, 2.05) is 6.07 Å². The highest BCUT2D eigenvalue weighted by atomic mass is 79.9. The Hall–Kier alpha value is -0.210. The van der Waals surface area contributed by atoms with Crippen LogP contribution in [0.1, 0.15) is 38.2 Å². The van der Waals surface area contributed by atoms with Gasteiger partial charge in [0.1, 0.15) is 5.75 Å². The van der Waals surface area contributed by atoms with Crippen LogP contribution in [0, 0.1) is 0 Å². The fourth-order valence-electron chi connectivity index (χ4n) is 1.55. The molecule has 0 heterocycles. The maximum absolute atomic E-state index is 9.77. The summed E-state index contributed by atoms with van der Waals surface area (Å²) in [4.78, 5) is 0. The average molecular weight is 278 g/mol. The summed E-state index contributed by atoms with van der Waals surface area (Å²) in [5, 5.41) is 10.2. The van der Waals surface area contributed by atoms with Crippen LogP contribution in [0.5, 0.6) is 5.75 Å². The average Bonchev–Trinajstić information content (AvgIpc) is 2.11. The predicted molar refractivity (Wildman–Crippen MR) is 64.1 cm³/mol. The number of benzene rings is 1. The number of hydrogen-bond acceptors (Lipinski definition) is 1. The van der Waals surface area contributed by atoms with Crippen LogP contribution in [0.4, 0.5) is 0 Å².